The number of nitrogens with two attached hydrogens (primary N) is 1. The zero-order chi connectivity index (χ0) is 8.27. The van der Waals surface area contributed by atoms with Crippen LogP contribution in [-0.4, -0.2) is 24.8 Å². The van der Waals surface area contributed by atoms with Gasteiger partial charge in [-0.3, -0.25) is 10.1 Å². The number of hydrogen-bond acceptors (Lipinski definition) is 4. The van der Waals surface area contributed by atoms with Crippen molar-refractivity contribution in [3.63, 3.8) is 0 Å². The second-order valence-electron chi connectivity index (χ2n) is 2.66. The van der Waals surface area contributed by atoms with Gasteiger partial charge >= 0.3 is 5.97 Å². The first-order chi connectivity index (χ1) is 5.24. The fraction of sp³-hybridized carbons (Fsp3) is 0.857. The van der Waals surface area contributed by atoms with E-state index in [0.717, 1.165) is 12.8 Å². The van der Waals surface area contributed by atoms with Gasteiger partial charge in [-0.2, -0.15) is 0 Å². The van der Waals surface area contributed by atoms with E-state index in [1.54, 1.807) is 6.92 Å². The molecule has 1 aliphatic heterocycles. The first-order valence-electron chi connectivity index (χ1n) is 3.92. The molecule has 1 aliphatic rings. The van der Waals surface area contributed by atoms with E-state index in [1.165, 1.54) is 0 Å². The molecule has 0 spiro atoms. The number of nitrogens with one attached hydrogen (secondary N) is 1. The maximum Gasteiger partial charge on any atom is 0.323 e. The van der Waals surface area contributed by atoms with Gasteiger partial charge in [0.15, 0.2) is 0 Å². The molecule has 3 N–H and O–H groups in total. The van der Waals surface area contributed by atoms with Crippen LogP contribution in [-0.2, 0) is 9.53 Å². The summed E-state index contributed by atoms with van der Waals surface area (Å²) in [5, 5.41) is 2.94. The summed E-state index contributed by atoms with van der Waals surface area (Å²) in [7, 11) is 0. The summed E-state index contributed by atoms with van der Waals surface area (Å²) in [6.45, 7) is 2.24. The fourth-order valence-electron chi connectivity index (χ4n) is 1.20. The summed E-state index contributed by atoms with van der Waals surface area (Å²) in [5.41, 5.74) is 5.54. The molecule has 11 heavy (non-hydrogen) atoms. The number of rotatable bonds is 2. The summed E-state index contributed by atoms with van der Waals surface area (Å²) in [5.74, 6) is -0.180. The Bertz CT molecular complexity index is 149. The van der Waals surface area contributed by atoms with Crippen molar-refractivity contribution in [1.82, 2.24) is 5.32 Å². The van der Waals surface area contributed by atoms with Crippen LogP contribution in [0.3, 0.4) is 0 Å². The SMILES string of the molecule is CCOC(=O)[C@@H]1CCC(N)N1. The van der Waals surface area contributed by atoms with E-state index in [-0.39, 0.29) is 18.2 Å². The van der Waals surface area contributed by atoms with Gasteiger partial charge in [0.25, 0.3) is 0 Å². The van der Waals surface area contributed by atoms with E-state index < -0.39 is 0 Å². The molecule has 0 aromatic heterocycles. The summed E-state index contributed by atoms with van der Waals surface area (Å²) in [6.07, 6.45) is 1.60. The topological polar surface area (TPSA) is 64.3 Å². The highest BCUT2D eigenvalue weighted by Crippen LogP contribution is 2.09. The van der Waals surface area contributed by atoms with Gasteiger partial charge in [-0.15, -0.1) is 0 Å². The van der Waals surface area contributed by atoms with E-state index in [0.29, 0.717) is 6.61 Å². The molecule has 0 aromatic rings. The van der Waals surface area contributed by atoms with Crippen molar-refractivity contribution in [2.24, 2.45) is 5.73 Å². The first kappa shape index (κ1) is 8.49. The Morgan fingerprint density at radius 2 is 2.45 bits per heavy atom. The summed E-state index contributed by atoms with van der Waals surface area (Å²) < 4.78 is 4.82. The maximum absolute atomic E-state index is 11.1. The molecule has 0 bridgehead atoms. The minimum atomic E-state index is -0.180. The molecule has 1 rings (SSSR count). The lowest BCUT2D eigenvalue weighted by molar-refractivity contribution is -0.145. The van der Waals surface area contributed by atoms with Gasteiger partial charge < -0.3 is 10.5 Å². The largest absolute Gasteiger partial charge is 0.465 e. The Balaban J connectivity index is 2.31. The Kier molecular flexibility index (Phi) is 2.84. The molecule has 2 atom stereocenters. The molecule has 1 unspecified atom stereocenters. The lowest BCUT2D eigenvalue weighted by Crippen LogP contribution is -2.40. The summed E-state index contributed by atoms with van der Waals surface area (Å²) in [4.78, 5) is 11.1. The van der Waals surface area contributed by atoms with Crippen molar-refractivity contribution in [2.75, 3.05) is 6.61 Å². The zero-order valence-corrected chi connectivity index (χ0v) is 6.67. The average molecular weight is 158 g/mol. The number of carbonyl (C=O) groups is 1. The van der Waals surface area contributed by atoms with E-state index in [4.69, 9.17) is 10.5 Å². The van der Waals surface area contributed by atoms with Crippen molar-refractivity contribution in [3.8, 4) is 0 Å². The van der Waals surface area contributed by atoms with Gasteiger partial charge in [-0.1, -0.05) is 0 Å². The third-order valence-corrected chi connectivity index (χ3v) is 1.75. The smallest absolute Gasteiger partial charge is 0.323 e. The number of hydrogen-bond donors (Lipinski definition) is 2. The van der Waals surface area contributed by atoms with Gasteiger partial charge in [0, 0.05) is 0 Å². The van der Waals surface area contributed by atoms with Crippen molar-refractivity contribution in [1.29, 1.82) is 0 Å². The Labute approximate surface area is 66.1 Å². The van der Waals surface area contributed by atoms with Crippen LogP contribution < -0.4 is 11.1 Å². The molecule has 0 amide bonds. The van der Waals surface area contributed by atoms with Gasteiger partial charge in [0.05, 0.1) is 12.8 Å². The predicted octanol–water partition coefficient (Wildman–Crippen LogP) is -0.414. The molecule has 4 nitrogen and oxygen atoms in total. The van der Waals surface area contributed by atoms with Crippen LogP contribution in [0.25, 0.3) is 0 Å². The molecule has 64 valence electrons. The second-order valence-corrected chi connectivity index (χ2v) is 2.66. The monoisotopic (exact) mass is 158 g/mol. The van der Waals surface area contributed by atoms with Crippen LogP contribution in [0.1, 0.15) is 19.8 Å². The van der Waals surface area contributed by atoms with E-state index >= 15 is 0 Å². The highest BCUT2D eigenvalue weighted by Gasteiger charge is 2.27. The molecule has 1 saturated heterocycles. The van der Waals surface area contributed by atoms with Crippen molar-refractivity contribution in [3.05, 3.63) is 0 Å². The number of esters is 1. The van der Waals surface area contributed by atoms with Gasteiger partial charge in [-0.05, 0) is 19.8 Å². The third-order valence-electron chi connectivity index (χ3n) is 1.75. The molecule has 4 heteroatoms. The second kappa shape index (κ2) is 3.69. The van der Waals surface area contributed by atoms with Crippen molar-refractivity contribution >= 4 is 5.97 Å². The maximum atomic E-state index is 11.1. The fourth-order valence-corrected chi connectivity index (χ4v) is 1.20. The molecular weight excluding hydrogens is 144 g/mol. The van der Waals surface area contributed by atoms with E-state index in [1.807, 2.05) is 0 Å². The average Bonchev–Trinajstić information content (AvgIpc) is 2.36. The van der Waals surface area contributed by atoms with Gasteiger partial charge in [0.2, 0.25) is 0 Å². The third kappa shape index (κ3) is 2.17. The Morgan fingerprint density at radius 3 is 2.91 bits per heavy atom. The van der Waals surface area contributed by atoms with Crippen LogP contribution >= 0.6 is 0 Å². The molecule has 0 aromatic carbocycles. The Morgan fingerprint density at radius 1 is 1.73 bits per heavy atom. The lowest BCUT2D eigenvalue weighted by Gasteiger charge is -2.09. The van der Waals surface area contributed by atoms with E-state index in [2.05, 4.69) is 5.32 Å². The molecule has 1 heterocycles. The quantitative estimate of drug-likeness (QED) is 0.536. The zero-order valence-electron chi connectivity index (χ0n) is 6.67. The molecule has 0 saturated carbocycles. The normalized spacial score (nSPS) is 30.4. The van der Waals surface area contributed by atoms with Crippen LogP contribution in [0.5, 0.6) is 0 Å². The molecular formula is C7H14N2O2. The minimum absolute atomic E-state index is 0.0376. The number of ether oxygens (including phenoxy) is 1. The van der Waals surface area contributed by atoms with Crippen LogP contribution in [0.2, 0.25) is 0 Å². The highest BCUT2D eigenvalue weighted by atomic mass is 16.5. The molecule has 0 radical (unpaired) electrons. The predicted molar refractivity (Wildman–Crippen MR) is 40.8 cm³/mol. The standard InChI is InChI=1S/C7H14N2O2/c1-2-11-7(10)5-3-4-6(8)9-5/h5-6,9H,2-4,8H2,1H3/t5-,6?/m0/s1. The lowest BCUT2D eigenvalue weighted by atomic mass is 10.2. The molecule has 0 aliphatic carbocycles. The summed E-state index contributed by atoms with van der Waals surface area (Å²) >= 11 is 0. The van der Waals surface area contributed by atoms with Crippen molar-refractivity contribution < 1.29 is 9.53 Å². The van der Waals surface area contributed by atoms with Crippen molar-refractivity contribution in [2.45, 2.75) is 32.0 Å². The van der Waals surface area contributed by atoms with Gasteiger partial charge in [-0.25, -0.2) is 0 Å². The minimum Gasteiger partial charge on any atom is -0.465 e. The first-order valence-corrected chi connectivity index (χ1v) is 3.92. The van der Waals surface area contributed by atoms with Crippen LogP contribution in [0, 0.1) is 0 Å². The summed E-state index contributed by atoms with van der Waals surface area (Å²) in [6, 6.07) is -0.176. The van der Waals surface area contributed by atoms with E-state index in [9.17, 15) is 4.79 Å². The Hall–Kier alpha value is -0.610. The van der Waals surface area contributed by atoms with Crippen LogP contribution in [0.15, 0.2) is 0 Å². The van der Waals surface area contributed by atoms with Crippen LogP contribution in [0.4, 0.5) is 0 Å². The van der Waals surface area contributed by atoms with Gasteiger partial charge in [0.1, 0.15) is 6.04 Å². The number of carbonyl (C=O) groups excluding carboxylic acids is 1. The highest BCUT2D eigenvalue weighted by molar-refractivity contribution is 5.76. The molecule has 1 fully saturated rings.